The van der Waals surface area contributed by atoms with Crippen LogP contribution < -0.4 is 0 Å². The fourth-order valence-electron chi connectivity index (χ4n) is 2.97. The van der Waals surface area contributed by atoms with Gasteiger partial charge in [0, 0.05) is 11.6 Å². The Morgan fingerprint density at radius 2 is 2.14 bits per heavy atom. The van der Waals surface area contributed by atoms with E-state index in [0.29, 0.717) is 5.65 Å². The van der Waals surface area contributed by atoms with E-state index in [4.69, 9.17) is 4.74 Å². The van der Waals surface area contributed by atoms with Crippen molar-refractivity contribution in [3.8, 4) is 0 Å². The predicted octanol–water partition coefficient (Wildman–Crippen LogP) is 0.893. The third-order valence-electron chi connectivity index (χ3n) is 4.14. The average Bonchev–Trinajstić information content (AvgIpc) is 2.91. The van der Waals surface area contributed by atoms with Crippen LogP contribution in [0.2, 0.25) is 0 Å². The van der Waals surface area contributed by atoms with Gasteiger partial charge >= 0.3 is 0 Å². The third kappa shape index (κ3) is 2.33. The largest absolute Gasteiger partial charge is 0.385 e. The molecule has 3 heterocycles. The van der Waals surface area contributed by atoms with E-state index in [1.165, 1.54) is 20.2 Å². The van der Waals surface area contributed by atoms with Crippen LogP contribution in [0, 0.1) is 6.92 Å². The Bertz CT molecular complexity index is 710. The number of fused-ring (bicyclic) bond motifs is 1. The molecule has 5 atom stereocenters. The van der Waals surface area contributed by atoms with Crippen LogP contribution in [-0.4, -0.2) is 51.3 Å². The Morgan fingerprint density at radius 1 is 1.45 bits per heavy atom. The number of aliphatic hydroxyl groups is 3. The standard InChI is InChI=1S/C14H18IN3O4/c1-7-8-4-5-18(10(8)17-6-16-7)11-9(19)13(2,20)12(22-11)14(3,15)21/h4-6,9,11-12,19-21H,1-3H3/t9-,11+,12-,13-,14?/m0/s1. The van der Waals surface area contributed by atoms with Gasteiger partial charge in [0.2, 0.25) is 0 Å². The zero-order chi connectivity index (χ0) is 16.3. The molecule has 22 heavy (non-hydrogen) atoms. The number of ether oxygens (including phenoxy) is 1. The number of nitrogens with zero attached hydrogens (tertiary/aromatic N) is 3. The molecule has 0 aliphatic carbocycles. The number of hydrogen-bond acceptors (Lipinski definition) is 6. The Hall–Kier alpha value is -0.810. The molecule has 7 nitrogen and oxygen atoms in total. The van der Waals surface area contributed by atoms with Crippen LogP contribution in [0.15, 0.2) is 18.6 Å². The van der Waals surface area contributed by atoms with Crippen LogP contribution in [0.3, 0.4) is 0 Å². The molecule has 0 amide bonds. The first-order valence-electron chi connectivity index (χ1n) is 6.89. The van der Waals surface area contributed by atoms with Crippen molar-refractivity contribution in [1.29, 1.82) is 0 Å². The molecule has 8 heteroatoms. The SMILES string of the molecule is Cc1ncnc2c1ccn2[C@@H]1O[C@H](C(C)(O)I)[C@@](C)(O)[C@H]1O. The maximum Gasteiger partial charge on any atom is 0.164 e. The molecule has 3 N–H and O–H groups in total. The minimum absolute atomic E-state index is 0.612. The van der Waals surface area contributed by atoms with Crippen molar-refractivity contribution in [2.75, 3.05) is 0 Å². The van der Waals surface area contributed by atoms with Gasteiger partial charge in [-0.25, -0.2) is 9.97 Å². The van der Waals surface area contributed by atoms with Crippen LogP contribution in [-0.2, 0) is 4.74 Å². The molecule has 1 unspecified atom stereocenters. The van der Waals surface area contributed by atoms with Crippen LogP contribution in [0.4, 0.5) is 0 Å². The lowest BCUT2D eigenvalue weighted by molar-refractivity contribution is -0.114. The summed E-state index contributed by atoms with van der Waals surface area (Å²) in [5.41, 5.74) is -0.157. The first-order valence-corrected chi connectivity index (χ1v) is 7.97. The summed E-state index contributed by atoms with van der Waals surface area (Å²) in [6.45, 7) is 4.86. The summed E-state index contributed by atoms with van der Waals surface area (Å²) in [7, 11) is 0. The minimum atomic E-state index is -1.59. The second kappa shape index (κ2) is 5.10. The van der Waals surface area contributed by atoms with E-state index in [0.717, 1.165) is 11.1 Å². The van der Waals surface area contributed by atoms with Gasteiger partial charge in [0.15, 0.2) is 6.23 Å². The van der Waals surface area contributed by atoms with Crippen LogP contribution in [0.25, 0.3) is 11.0 Å². The van der Waals surface area contributed by atoms with E-state index in [9.17, 15) is 15.3 Å². The maximum atomic E-state index is 10.6. The first kappa shape index (κ1) is 16.1. The molecule has 2 aromatic rings. The van der Waals surface area contributed by atoms with Crippen molar-refractivity contribution < 1.29 is 20.1 Å². The zero-order valence-corrected chi connectivity index (χ0v) is 14.6. The molecular weight excluding hydrogens is 401 g/mol. The van der Waals surface area contributed by atoms with Crippen LogP contribution >= 0.6 is 22.6 Å². The van der Waals surface area contributed by atoms with Crippen molar-refractivity contribution in [3.63, 3.8) is 0 Å². The summed E-state index contributed by atoms with van der Waals surface area (Å²) in [4.78, 5) is 8.36. The molecule has 0 bridgehead atoms. The molecule has 0 saturated carbocycles. The van der Waals surface area contributed by atoms with E-state index in [2.05, 4.69) is 9.97 Å². The van der Waals surface area contributed by atoms with Gasteiger partial charge in [-0.15, -0.1) is 0 Å². The number of aliphatic hydroxyl groups excluding tert-OH is 1. The fourth-order valence-corrected chi connectivity index (χ4v) is 3.75. The molecule has 1 saturated heterocycles. The van der Waals surface area contributed by atoms with Crippen molar-refractivity contribution in [1.82, 2.24) is 14.5 Å². The Morgan fingerprint density at radius 3 is 2.73 bits per heavy atom. The molecule has 1 aliphatic heterocycles. The molecule has 120 valence electrons. The quantitative estimate of drug-likeness (QED) is 0.494. The second-order valence-corrected chi connectivity index (χ2v) is 8.20. The molecule has 0 spiro atoms. The van der Waals surface area contributed by atoms with E-state index in [1.54, 1.807) is 33.4 Å². The van der Waals surface area contributed by atoms with Crippen LogP contribution in [0.1, 0.15) is 25.8 Å². The Labute approximate surface area is 141 Å². The fraction of sp³-hybridized carbons (Fsp3) is 0.571. The lowest BCUT2D eigenvalue weighted by atomic mass is 9.91. The van der Waals surface area contributed by atoms with Gasteiger partial charge in [0.05, 0.1) is 5.69 Å². The summed E-state index contributed by atoms with van der Waals surface area (Å²) in [5, 5.41) is 32.1. The van der Waals surface area contributed by atoms with Gasteiger partial charge in [-0.05, 0) is 49.4 Å². The molecular formula is C14H18IN3O4. The lowest BCUT2D eigenvalue weighted by Gasteiger charge is -2.32. The van der Waals surface area contributed by atoms with E-state index in [-0.39, 0.29) is 0 Å². The minimum Gasteiger partial charge on any atom is -0.385 e. The lowest BCUT2D eigenvalue weighted by Crippen LogP contribution is -2.52. The van der Waals surface area contributed by atoms with Gasteiger partial charge in [-0.1, -0.05) is 0 Å². The predicted molar refractivity (Wildman–Crippen MR) is 87.4 cm³/mol. The Balaban J connectivity index is 2.07. The molecule has 0 aromatic carbocycles. The van der Waals surface area contributed by atoms with Crippen LogP contribution in [0.5, 0.6) is 0 Å². The normalized spacial score (nSPS) is 35.0. The van der Waals surface area contributed by atoms with Gasteiger partial charge in [-0.2, -0.15) is 0 Å². The molecule has 2 aromatic heterocycles. The summed E-state index contributed by atoms with van der Waals surface area (Å²) in [6.07, 6.45) is 0.193. The highest BCUT2D eigenvalue weighted by atomic mass is 127. The summed E-state index contributed by atoms with van der Waals surface area (Å²) < 4.78 is 6.12. The third-order valence-corrected chi connectivity index (χ3v) is 4.70. The van der Waals surface area contributed by atoms with Gasteiger partial charge < -0.3 is 24.6 Å². The zero-order valence-electron chi connectivity index (χ0n) is 12.4. The molecule has 1 fully saturated rings. The van der Waals surface area contributed by atoms with E-state index >= 15 is 0 Å². The monoisotopic (exact) mass is 419 g/mol. The second-order valence-electron chi connectivity index (χ2n) is 6.02. The van der Waals surface area contributed by atoms with Gasteiger partial charge in [0.25, 0.3) is 0 Å². The number of rotatable bonds is 2. The van der Waals surface area contributed by atoms with Crippen molar-refractivity contribution in [2.45, 2.75) is 48.4 Å². The number of aryl methyl sites for hydroxylation is 1. The molecule has 0 radical (unpaired) electrons. The number of hydrogen-bond donors (Lipinski definition) is 3. The van der Waals surface area contributed by atoms with E-state index in [1.807, 2.05) is 13.0 Å². The number of aromatic nitrogens is 3. The highest BCUT2D eigenvalue weighted by Crippen LogP contribution is 2.44. The number of alkyl halides is 1. The smallest absolute Gasteiger partial charge is 0.164 e. The average molecular weight is 419 g/mol. The summed E-state index contributed by atoms with van der Waals surface area (Å²) in [5.74, 6) is 0. The first-order chi connectivity index (χ1) is 10.1. The van der Waals surface area contributed by atoms with Crippen molar-refractivity contribution >= 4 is 33.6 Å². The molecule has 3 rings (SSSR count). The van der Waals surface area contributed by atoms with Gasteiger partial charge in [-0.3, -0.25) is 0 Å². The van der Waals surface area contributed by atoms with Gasteiger partial charge in [0.1, 0.15) is 33.4 Å². The highest BCUT2D eigenvalue weighted by molar-refractivity contribution is 14.1. The summed E-state index contributed by atoms with van der Waals surface area (Å²) >= 11 is 1.79. The number of halogens is 1. The van der Waals surface area contributed by atoms with Crippen molar-refractivity contribution in [3.05, 3.63) is 24.3 Å². The van der Waals surface area contributed by atoms with E-state index < -0.39 is 27.6 Å². The topological polar surface area (TPSA) is 101 Å². The highest BCUT2D eigenvalue weighted by Gasteiger charge is 2.58. The maximum absolute atomic E-state index is 10.6. The van der Waals surface area contributed by atoms with Crippen molar-refractivity contribution in [2.24, 2.45) is 0 Å². The summed E-state index contributed by atoms with van der Waals surface area (Å²) in [6, 6.07) is 1.84. The molecule has 1 aliphatic rings. The Kier molecular flexibility index (Phi) is 3.72.